The van der Waals surface area contributed by atoms with Crippen LogP contribution in [-0.4, -0.2) is 46.1 Å². The van der Waals surface area contributed by atoms with Gasteiger partial charge in [0.25, 0.3) is 0 Å². The maximum atomic E-state index is 12.7. The van der Waals surface area contributed by atoms with Gasteiger partial charge in [-0.3, -0.25) is 0 Å². The van der Waals surface area contributed by atoms with Gasteiger partial charge in [-0.25, -0.2) is 13.2 Å². The average molecular weight is 381 g/mol. The van der Waals surface area contributed by atoms with Crippen LogP contribution in [0.5, 0.6) is 17.2 Å². The first-order valence-electron chi connectivity index (χ1n) is 7.84. The molecule has 1 saturated heterocycles. The summed E-state index contributed by atoms with van der Waals surface area (Å²) >= 11 is 0. The fraction of sp³-hybridized carbons (Fsp3) is 0.353. The monoisotopic (exact) mass is 381 g/mol. The molecule has 3 rings (SSSR count). The van der Waals surface area contributed by atoms with Gasteiger partial charge in [0.15, 0.2) is 11.5 Å². The van der Waals surface area contributed by atoms with E-state index in [9.17, 15) is 13.2 Å². The van der Waals surface area contributed by atoms with E-state index in [0.29, 0.717) is 23.0 Å². The third-order valence-electron chi connectivity index (χ3n) is 3.98. The molecular weight excluding hydrogens is 362 g/mol. The van der Waals surface area contributed by atoms with Crippen LogP contribution in [0.25, 0.3) is 0 Å². The van der Waals surface area contributed by atoms with Gasteiger partial charge in [-0.1, -0.05) is 0 Å². The van der Waals surface area contributed by atoms with E-state index in [4.69, 9.17) is 18.6 Å². The number of methoxy groups -OCH3 is 2. The van der Waals surface area contributed by atoms with Crippen molar-refractivity contribution in [1.82, 2.24) is 4.31 Å². The van der Waals surface area contributed by atoms with E-state index in [1.165, 1.54) is 36.7 Å². The SMILES string of the molecule is COc1ccc(S(=O)(=O)N2CC(Oc3cc(C)oc(=O)c3)C2)cc1OC. The zero-order chi connectivity index (χ0) is 18.9. The second kappa shape index (κ2) is 7.00. The highest BCUT2D eigenvalue weighted by atomic mass is 32.2. The summed E-state index contributed by atoms with van der Waals surface area (Å²) in [5, 5.41) is 0. The Kier molecular flexibility index (Phi) is 4.92. The van der Waals surface area contributed by atoms with Crippen molar-refractivity contribution < 1.29 is 27.0 Å². The summed E-state index contributed by atoms with van der Waals surface area (Å²) < 4.78 is 47.5. The first kappa shape index (κ1) is 18.3. The zero-order valence-electron chi connectivity index (χ0n) is 14.6. The molecule has 1 aliphatic rings. The van der Waals surface area contributed by atoms with Crippen LogP contribution in [0.3, 0.4) is 0 Å². The first-order chi connectivity index (χ1) is 12.3. The van der Waals surface area contributed by atoms with Crippen LogP contribution in [0.1, 0.15) is 5.76 Å². The molecule has 0 bridgehead atoms. The van der Waals surface area contributed by atoms with Gasteiger partial charge >= 0.3 is 5.63 Å². The van der Waals surface area contributed by atoms with Crippen molar-refractivity contribution >= 4 is 10.0 Å². The Labute approximate surface area is 150 Å². The minimum atomic E-state index is -3.66. The Morgan fingerprint density at radius 3 is 2.38 bits per heavy atom. The molecule has 8 nitrogen and oxygen atoms in total. The van der Waals surface area contributed by atoms with Crippen LogP contribution >= 0.6 is 0 Å². The molecule has 0 aliphatic carbocycles. The zero-order valence-corrected chi connectivity index (χ0v) is 15.4. The summed E-state index contributed by atoms with van der Waals surface area (Å²) in [6.07, 6.45) is -0.328. The van der Waals surface area contributed by atoms with Crippen LogP contribution < -0.4 is 19.8 Å². The molecule has 0 radical (unpaired) electrons. The molecule has 0 amide bonds. The van der Waals surface area contributed by atoms with Crippen molar-refractivity contribution in [3.63, 3.8) is 0 Å². The van der Waals surface area contributed by atoms with E-state index in [1.807, 2.05) is 0 Å². The van der Waals surface area contributed by atoms with E-state index in [-0.39, 0.29) is 24.1 Å². The Balaban J connectivity index is 1.70. The number of nitrogens with zero attached hydrogens (tertiary/aromatic N) is 1. The molecule has 0 saturated carbocycles. The number of ether oxygens (including phenoxy) is 3. The van der Waals surface area contributed by atoms with Crippen LogP contribution in [0, 0.1) is 6.92 Å². The van der Waals surface area contributed by atoms with E-state index in [1.54, 1.807) is 19.1 Å². The normalized spacial score (nSPS) is 15.3. The summed E-state index contributed by atoms with van der Waals surface area (Å²) in [4.78, 5) is 11.5. The van der Waals surface area contributed by atoms with Crippen molar-refractivity contribution in [3.8, 4) is 17.2 Å². The fourth-order valence-electron chi connectivity index (χ4n) is 2.63. The molecule has 0 atom stereocenters. The van der Waals surface area contributed by atoms with Crippen LogP contribution in [0.4, 0.5) is 0 Å². The molecule has 1 aliphatic heterocycles. The molecule has 0 N–H and O–H groups in total. The Bertz CT molecular complexity index is 961. The topological polar surface area (TPSA) is 95.3 Å². The number of hydrogen-bond donors (Lipinski definition) is 0. The van der Waals surface area contributed by atoms with Gasteiger partial charge in [-0.15, -0.1) is 0 Å². The highest BCUT2D eigenvalue weighted by Gasteiger charge is 2.38. The third kappa shape index (κ3) is 3.54. The molecular formula is C17H19NO7S. The lowest BCUT2D eigenvalue weighted by Crippen LogP contribution is -2.56. The van der Waals surface area contributed by atoms with Crippen molar-refractivity contribution in [1.29, 1.82) is 0 Å². The summed E-state index contributed by atoms with van der Waals surface area (Å²) in [5.74, 6) is 1.59. The lowest BCUT2D eigenvalue weighted by atomic mass is 10.2. The largest absolute Gasteiger partial charge is 0.493 e. The van der Waals surface area contributed by atoms with Crippen LogP contribution in [0.2, 0.25) is 0 Å². The summed E-state index contributed by atoms with van der Waals surface area (Å²) in [5.41, 5.74) is -0.505. The van der Waals surface area contributed by atoms with Crippen LogP contribution in [-0.2, 0) is 10.0 Å². The number of benzene rings is 1. The quantitative estimate of drug-likeness (QED) is 0.747. The van der Waals surface area contributed by atoms with E-state index in [0.717, 1.165) is 0 Å². The van der Waals surface area contributed by atoms with Crippen molar-refractivity contribution in [2.24, 2.45) is 0 Å². The van der Waals surface area contributed by atoms with Gasteiger partial charge in [0.1, 0.15) is 17.6 Å². The lowest BCUT2D eigenvalue weighted by molar-refractivity contribution is 0.0754. The van der Waals surface area contributed by atoms with Crippen molar-refractivity contribution in [2.45, 2.75) is 17.9 Å². The van der Waals surface area contributed by atoms with Crippen molar-refractivity contribution in [2.75, 3.05) is 27.3 Å². The molecule has 1 aromatic heterocycles. The van der Waals surface area contributed by atoms with Gasteiger partial charge in [0, 0.05) is 12.1 Å². The maximum absolute atomic E-state index is 12.7. The standard InChI is InChI=1S/C17H19NO7S/c1-11-6-12(7-17(19)24-11)25-13-9-18(10-13)26(20,21)14-4-5-15(22-2)16(8-14)23-3/h4-8,13H,9-10H2,1-3H3. The first-order valence-corrected chi connectivity index (χ1v) is 9.28. The molecule has 0 spiro atoms. The Morgan fingerprint density at radius 1 is 1.08 bits per heavy atom. The Morgan fingerprint density at radius 2 is 1.77 bits per heavy atom. The van der Waals surface area contributed by atoms with E-state index < -0.39 is 15.6 Å². The molecule has 0 unspecified atom stereocenters. The molecule has 9 heteroatoms. The molecule has 1 fully saturated rings. The van der Waals surface area contributed by atoms with Gasteiger partial charge in [0.2, 0.25) is 10.0 Å². The highest BCUT2D eigenvalue weighted by molar-refractivity contribution is 7.89. The minimum absolute atomic E-state index is 0.116. The average Bonchev–Trinajstić information content (AvgIpc) is 2.56. The summed E-state index contributed by atoms with van der Waals surface area (Å²) in [7, 11) is -0.738. The van der Waals surface area contributed by atoms with Gasteiger partial charge in [0.05, 0.1) is 38.3 Å². The van der Waals surface area contributed by atoms with E-state index in [2.05, 4.69) is 0 Å². The molecule has 1 aromatic carbocycles. The van der Waals surface area contributed by atoms with Gasteiger partial charge in [-0.2, -0.15) is 4.31 Å². The van der Waals surface area contributed by atoms with E-state index >= 15 is 0 Å². The number of sulfonamides is 1. The van der Waals surface area contributed by atoms with Gasteiger partial charge < -0.3 is 18.6 Å². The number of hydrogen-bond acceptors (Lipinski definition) is 7. The van der Waals surface area contributed by atoms with Crippen molar-refractivity contribution in [3.05, 3.63) is 46.5 Å². The summed E-state index contributed by atoms with van der Waals surface area (Å²) in [6.45, 7) is 2.02. The molecule has 26 heavy (non-hydrogen) atoms. The predicted octanol–water partition coefficient (Wildman–Crippen LogP) is 1.42. The Hall–Kier alpha value is -2.52. The number of rotatable bonds is 6. The second-order valence-corrected chi connectivity index (χ2v) is 7.74. The summed E-state index contributed by atoms with van der Waals surface area (Å²) in [6, 6.07) is 7.27. The third-order valence-corrected chi connectivity index (χ3v) is 5.80. The molecule has 140 valence electrons. The highest BCUT2D eigenvalue weighted by Crippen LogP contribution is 2.32. The smallest absolute Gasteiger partial charge is 0.339 e. The molecule has 2 heterocycles. The minimum Gasteiger partial charge on any atom is -0.493 e. The van der Waals surface area contributed by atoms with Crippen LogP contribution in [0.15, 0.2) is 44.4 Å². The maximum Gasteiger partial charge on any atom is 0.339 e. The lowest BCUT2D eigenvalue weighted by Gasteiger charge is -2.37. The predicted molar refractivity (Wildman–Crippen MR) is 92.4 cm³/mol. The molecule has 2 aromatic rings. The fourth-order valence-corrected chi connectivity index (χ4v) is 4.15. The van der Waals surface area contributed by atoms with Gasteiger partial charge in [-0.05, 0) is 19.1 Å². The second-order valence-electron chi connectivity index (χ2n) is 5.80. The number of aryl methyl sites for hydroxylation is 1.